The van der Waals surface area contributed by atoms with Crippen LogP contribution in [0.15, 0.2) is 48.6 Å². The maximum atomic E-state index is 12.9. The molecule has 0 aromatic heterocycles. The highest BCUT2D eigenvalue weighted by Gasteiger charge is 2.22. The number of carbonyl (C=O) groups excluding carboxylic acids is 3. The number of carbonyl (C=O) groups is 3. The molecule has 0 saturated heterocycles. The van der Waals surface area contributed by atoms with Crippen molar-refractivity contribution < 1.29 is 42.9 Å². The van der Waals surface area contributed by atoms with Crippen molar-refractivity contribution >= 4 is 17.9 Å². The second-order valence-corrected chi connectivity index (χ2v) is 24.1. The normalized spacial score (nSPS) is 13.0. The van der Waals surface area contributed by atoms with Gasteiger partial charge >= 0.3 is 11.9 Å². The van der Waals surface area contributed by atoms with Crippen molar-refractivity contribution in [1.29, 1.82) is 0 Å². The highest BCUT2D eigenvalue weighted by molar-refractivity contribution is 5.70. The molecule has 462 valence electrons. The summed E-state index contributed by atoms with van der Waals surface area (Å²) in [6.45, 7) is 4.69. The Hall–Kier alpha value is -2.75. The monoisotopic (exact) mass is 1110 g/mol. The number of aliphatic carboxylic acids is 1. The number of carboxylic acids is 1. The molecule has 79 heavy (non-hydrogen) atoms. The van der Waals surface area contributed by atoms with Gasteiger partial charge in [0.1, 0.15) is 13.2 Å². The number of likely N-dealkylation sites (N-methyl/N-ethyl adjacent to an activating group) is 1. The van der Waals surface area contributed by atoms with Gasteiger partial charge in [-0.05, 0) is 70.6 Å². The van der Waals surface area contributed by atoms with Crippen LogP contribution in [0.3, 0.4) is 0 Å². The highest BCUT2D eigenvalue weighted by Crippen LogP contribution is 2.18. The second kappa shape index (κ2) is 61.3. The molecule has 0 aromatic rings. The molecule has 0 spiro atoms. The molecule has 0 aliphatic carbocycles. The molecule has 0 bridgehead atoms. The molecule has 0 fully saturated rings. The molecule has 0 rings (SSSR count). The minimum atomic E-state index is -1.62. The molecular formula is C70H129NO8. The molecule has 0 aromatic carbocycles. The number of nitrogens with zero attached hydrogens (tertiary/aromatic N) is 1. The van der Waals surface area contributed by atoms with Gasteiger partial charge in [-0.3, -0.25) is 9.59 Å². The zero-order chi connectivity index (χ0) is 57.6. The van der Waals surface area contributed by atoms with Gasteiger partial charge in [-0.2, -0.15) is 0 Å². The van der Waals surface area contributed by atoms with E-state index in [0.717, 1.165) is 70.6 Å². The smallest absolute Gasteiger partial charge is 0.306 e. The molecule has 2 unspecified atom stereocenters. The van der Waals surface area contributed by atoms with E-state index in [4.69, 9.17) is 18.9 Å². The van der Waals surface area contributed by atoms with Gasteiger partial charge in [0.2, 0.25) is 0 Å². The Morgan fingerprint density at radius 1 is 0.380 bits per heavy atom. The fraction of sp³-hybridized carbons (Fsp3) is 0.843. The molecule has 0 aliphatic rings. The van der Waals surface area contributed by atoms with Crippen LogP contribution in [0.2, 0.25) is 0 Å². The molecular weight excluding hydrogens is 983 g/mol. The minimum Gasteiger partial charge on any atom is -0.545 e. The summed E-state index contributed by atoms with van der Waals surface area (Å²) in [5.41, 5.74) is 0. The van der Waals surface area contributed by atoms with Crippen molar-refractivity contribution in [3.8, 4) is 0 Å². The van der Waals surface area contributed by atoms with E-state index in [9.17, 15) is 19.5 Å². The van der Waals surface area contributed by atoms with Crippen LogP contribution < -0.4 is 5.11 Å². The van der Waals surface area contributed by atoms with E-state index in [2.05, 4.69) is 62.5 Å². The number of quaternary nitrogens is 1. The highest BCUT2D eigenvalue weighted by atomic mass is 16.7. The van der Waals surface area contributed by atoms with Gasteiger partial charge < -0.3 is 33.3 Å². The number of carboxylic acid groups (broad SMARTS) is 1. The Labute approximate surface area is 489 Å². The molecule has 9 nitrogen and oxygen atoms in total. The van der Waals surface area contributed by atoms with Crippen LogP contribution in [-0.4, -0.2) is 82.3 Å². The topological polar surface area (TPSA) is 111 Å². The van der Waals surface area contributed by atoms with Crippen molar-refractivity contribution in [3.63, 3.8) is 0 Å². The lowest BCUT2D eigenvalue weighted by Crippen LogP contribution is -2.44. The van der Waals surface area contributed by atoms with E-state index >= 15 is 0 Å². The minimum absolute atomic E-state index is 0.146. The number of rotatable bonds is 63. The van der Waals surface area contributed by atoms with Gasteiger partial charge in [0.25, 0.3) is 0 Å². The van der Waals surface area contributed by atoms with E-state index in [1.807, 2.05) is 21.1 Å². The lowest BCUT2D eigenvalue weighted by Gasteiger charge is -2.26. The third kappa shape index (κ3) is 62.7. The summed E-state index contributed by atoms with van der Waals surface area (Å²) in [5.74, 6) is -2.29. The quantitative estimate of drug-likeness (QED) is 0.0195. The lowest BCUT2D eigenvalue weighted by atomic mass is 10.0. The summed E-state index contributed by atoms with van der Waals surface area (Å²) in [6.07, 6.45) is 75.1. The van der Waals surface area contributed by atoms with Crippen LogP contribution in [0.4, 0.5) is 0 Å². The van der Waals surface area contributed by atoms with Gasteiger partial charge in [0, 0.05) is 12.8 Å². The summed E-state index contributed by atoms with van der Waals surface area (Å²) in [5, 5.41) is 11.8. The maximum absolute atomic E-state index is 12.9. The van der Waals surface area contributed by atoms with Crippen LogP contribution >= 0.6 is 0 Å². The Morgan fingerprint density at radius 3 is 1.05 bits per heavy atom. The van der Waals surface area contributed by atoms with Crippen LogP contribution in [0.25, 0.3) is 0 Å². The number of ether oxygens (including phenoxy) is 4. The molecule has 0 heterocycles. The Balaban J connectivity index is 3.88. The second-order valence-electron chi connectivity index (χ2n) is 24.1. The predicted octanol–water partition coefficient (Wildman–Crippen LogP) is 19.2. The maximum Gasteiger partial charge on any atom is 0.306 e. The Bertz CT molecular complexity index is 1430. The van der Waals surface area contributed by atoms with Crippen molar-refractivity contribution in [1.82, 2.24) is 0 Å². The number of hydrogen-bond acceptors (Lipinski definition) is 8. The Morgan fingerprint density at radius 2 is 0.709 bits per heavy atom. The predicted molar refractivity (Wildman–Crippen MR) is 334 cm³/mol. The van der Waals surface area contributed by atoms with E-state index in [1.165, 1.54) is 218 Å². The van der Waals surface area contributed by atoms with Gasteiger partial charge in [-0.25, -0.2) is 0 Å². The van der Waals surface area contributed by atoms with E-state index in [0.29, 0.717) is 17.4 Å². The molecule has 0 N–H and O–H groups in total. The summed E-state index contributed by atoms with van der Waals surface area (Å²) < 4.78 is 22.7. The summed E-state index contributed by atoms with van der Waals surface area (Å²) in [7, 11) is 5.92. The fourth-order valence-electron chi connectivity index (χ4n) is 9.84. The zero-order valence-corrected chi connectivity index (χ0v) is 52.8. The third-order valence-corrected chi connectivity index (χ3v) is 15.0. The van der Waals surface area contributed by atoms with E-state index in [1.54, 1.807) is 0 Å². The average molecular weight is 1110 g/mol. The first-order chi connectivity index (χ1) is 38.6. The summed E-state index contributed by atoms with van der Waals surface area (Å²) in [4.78, 5) is 37.3. The van der Waals surface area contributed by atoms with Crippen LogP contribution in [0.1, 0.15) is 322 Å². The van der Waals surface area contributed by atoms with Crippen LogP contribution in [0, 0.1) is 0 Å². The van der Waals surface area contributed by atoms with Crippen molar-refractivity contribution in [2.24, 2.45) is 0 Å². The molecule has 0 saturated carbocycles. The zero-order valence-electron chi connectivity index (χ0n) is 52.8. The molecule has 0 radical (unpaired) electrons. The first-order valence-electron chi connectivity index (χ1n) is 33.8. The average Bonchev–Trinajstić information content (AvgIpc) is 3.42. The standard InChI is InChI=1S/C70H129NO8/c1-6-8-10-12-14-16-18-20-21-22-23-24-25-26-27-28-29-30-31-32-33-34-35-36-37-38-39-40-41-42-43-44-45-46-47-49-51-53-55-57-59-61-68(73)79-66(65-78-70(69(74)75)76-63-62-71(3,4)5)64-77-67(72)60-58-56-54-52-50-48-19-17-15-13-11-9-7-2/h11,13,17-20,22-23,66,70H,6-10,12,14-16,21,24-65H2,1-5H3/b13-11-,19-17-,20-18-,23-22-. The molecule has 9 heteroatoms. The summed E-state index contributed by atoms with van der Waals surface area (Å²) in [6, 6.07) is 0. The van der Waals surface area contributed by atoms with Gasteiger partial charge in [0.15, 0.2) is 12.4 Å². The molecule has 2 atom stereocenters. The number of hydrogen-bond donors (Lipinski definition) is 0. The lowest BCUT2D eigenvalue weighted by molar-refractivity contribution is -0.870. The first-order valence-corrected chi connectivity index (χ1v) is 33.8. The van der Waals surface area contributed by atoms with Crippen molar-refractivity contribution in [2.75, 3.05) is 47.5 Å². The number of allylic oxidation sites excluding steroid dienone is 8. The third-order valence-electron chi connectivity index (χ3n) is 15.0. The summed E-state index contributed by atoms with van der Waals surface area (Å²) >= 11 is 0. The SMILES string of the molecule is CCC/C=C\C/C=C\CCCCCCCC(=O)OCC(COC(OCC[N+](C)(C)C)C(=O)[O-])OC(=O)CCCCCCCCCCCCCCCCCCCCCCCCCCCCCCC/C=C\C/C=C\CCCCCCC. The Kier molecular flexibility index (Phi) is 59.2. The van der Waals surface area contributed by atoms with Gasteiger partial charge in [-0.15, -0.1) is 0 Å². The number of unbranched alkanes of at least 4 members (excludes halogenated alkanes) is 40. The molecule has 0 aliphatic heterocycles. The van der Waals surface area contributed by atoms with Crippen LogP contribution in [-0.2, 0) is 33.3 Å². The molecule has 0 amide bonds. The first kappa shape index (κ1) is 76.2. The number of esters is 2. The van der Waals surface area contributed by atoms with Gasteiger partial charge in [-0.1, -0.05) is 287 Å². The fourth-order valence-corrected chi connectivity index (χ4v) is 9.84. The van der Waals surface area contributed by atoms with Crippen molar-refractivity contribution in [2.45, 2.75) is 334 Å². The van der Waals surface area contributed by atoms with Crippen LogP contribution in [0.5, 0.6) is 0 Å². The van der Waals surface area contributed by atoms with E-state index in [-0.39, 0.29) is 38.6 Å². The van der Waals surface area contributed by atoms with Gasteiger partial charge in [0.05, 0.1) is 40.3 Å². The van der Waals surface area contributed by atoms with E-state index < -0.39 is 24.3 Å². The largest absolute Gasteiger partial charge is 0.545 e. The van der Waals surface area contributed by atoms with Crippen molar-refractivity contribution in [3.05, 3.63) is 48.6 Å².